The number of halogens is 3. The van der Waals surface area contributed by atoms with E-state index >= 15 is 0 Å². The highest BCUT2D eigenvalue weighted by atomic mass is 19.4. The summed E-state index contributed by atoms with van der Waals surface area (Å²) < 4.78 is 38.5. The zero-order valence-electron chi connectivity index (χ0n) is 17.9. The Kier molecular flexibility index (Phi) is 8.17. The first kappa shape index (κ1) is 24.6. The van der Waals surface area contributed by atoms with Gasteiger partial charge in [-0.25, -0.2) is 4.99 Å². The molecule has 2 aromatic carbocycles. The van der Waals surface area contributed by atoms with Crippen molar-refractivity contribution in [2.24, 2.45) is 4.99 Å². The number of aldehydes is 1. The van der Waals surface area contributed by atoms with Crippen LogP contribution in [0, 0.1) is 5.41 Å². The first-order valence-corrected chi connectivity index (χ1v) is 9.77. The van der Waals surface area contributed by atoms with E-state index in [1.54, 1.807) is 38.2 Å². The van der Waals surface area contributed by atoms with E-state index in [0.29, 0.717) is 23.2 Å². The van der Waals surface area contributed by atoms with Gasteiger partial charge in [-0.2, -0.15) is 13.2 Å². The van der Waals surface area contributed by atoms with E-state index in [1.165, 1.54) is 19.1 Å². The fourth-order valence-corrected chi connectivity index (χ4v) is 2.90. The minimum Gasteiger partial charge on any atom is -0.508 e. The number of benzene rings is 2. The number of phenols is 1. The summed E-state index contributed by atoms with van der Waals surface area (Å²) in [7, 11) is 1.63. The maximum atomic E-state index is 12.8. The molecule has 4 N–H and O–H groups in total. The number of para-hydroxylation sites is 1. The first-order valence-electron chi connectivity index (χ1n) is 9.77. The number of rotatable bonds is 8. The van der Waals surface area contributed by atoms with Crippen molar-refractivity contribution in [3.63, 3.8) is 0 Å². The molecule has 2 rings (SSSR count). The summed E-state index contributed by atoms with van der Waals surface area (Å²) in [5.74, 6) is 0.597. The van der Waals surface area contributed by atoms with Crippen LogP contribution in [0.4, 0.5) is 13.2 Å². The molecule has 0 aliphatic carbocycles. The Morgan fingerprint density at radius 1 is 1.19 bits per heavy atom. The highest BCUT2D eigenvalue weighted by Gasteiger charge is 2.30. The predicted molar refractivity (Wildman–Crippen MR) is 118 cm³/mol. The molecule has 0 fully saturated rings. The maximum absolute atomic E-state index is 12.8. The largest absolute Gasteiger partial charge is 0.508 e. The van der Waals surface area contributed by atoms with Crippen LogP contribution in [0.1, 0.15) is 36.6 Å². The van der Waals surface area contributed by atoms with Gasteiger partial charge in [0.1, 0.15) is 17.4 Å². The van der Waals surface area contributed by atoms with E-state index in [2.05, 4.69) is 15.6 Å². The van der Waals surface area contributed by atoms with Gasteiger partial charge in [-0.3, -0.25) is 4.79 Å². The number of aromatic hydroxyl groups is 1. The standard InChI is InChI=1S/C23H25F3N4O2/c1-14(27)19(13-31)22(30-21(28-3)12-17-6-4-5-7-20(17)32)29-15(2)16-8-10-18(11-9-16)23(24,25)26/h4-11,13,15,27,29,32H,12H2,1-3H3,(H,28,30)/b22-19+,27-14?. The molecule has 0 aliphatic rings. The third-order valence-electron chi connectivity index (χ3n) is 4.75. The van der Waals surface area contributed by atoms with E-state index in [4.69, 9.17) is 5.41 Å². The van der Waals surface area contributed by atoms with Gasteiger partial charge in [0.2, 0.25) is 0 Å². The van der Waals surface area contributed by atoms with Crippen LogP contribution in [0.2, 0.25) is 0 Å². The van der Waals surface area contributed by atoms with Crippen molar-refractivity contribution in [1.29, 1.82) is 5.41 Å². The number of aliphatic imine (C=N–C) groups is 1. The zero-order chi connectivity index (χ0) is 23.9. The highest BCUT2D eigenvalue weighted by molar-refractivity contribution is 6.12. The van der Waals surface area contributed by atoms with Crippen LogP contribution in [-0.2, 0) is 17.4 Å². The molecule has 1 atom stereocenters. The molecule has 0 aliphatic heterocycles. The number of likely N-dealkylation sites (N-methyl/N-ethyl adjacent to an activating group) is 1. The van der Waals surface area contributed by atoms with Crippen LogP contribution >= 0.6 is 0 Å². The van der Waals surface area contributed by atoms with Crippen molar-refractivity contribution in [3.05, 3.63) is 76.6 Å². The number of allylic oxidation sites excluding steroid dienone is 1. The number of hydrogen-bond donors (Lipinski definition) is 4. The number of alkyl halides is 3. The van der Waals surface area contributed by atoms with Crippen LogP contribution < -0.4 is 10.6 Å². The average Bonchev–Trinajstić information content (AvgIpc) is 2.74. The van der Waals surface area contributed by atoms with Gasteiger partial charge < -0.3 is 21.1 Å². The van der Waals surface area contributed by atoms with Gasteiger partial charge >= 0.3 is 6.18 Å². The second-order valence-electron chi connectivity index (χ2n) is 7.10. The fourth-order valence-electron chi connectivity index (χ4n) is 2.90. The first-order chi connectivity index (χ1) is 15.1. The lowest BCUT2D eigenvalue weighted by Crippen LogP contribution is -2.26. The molecule has 0 aromatic heterocycles. The number of hydrogen-bond acceptors (Lipinski definition) is 5. The van der Waals surface area contributed by atoms with Gasteiger partial charge in [0, 0.05) is 30.8 Å². The summed E-state index contributed by atoms with van der Waals surface area (Å²) in [6.07, 6.45) is -3.70. The van der Waals surface area contributed by atoms with Crippen molar-refractivity contribution < 1.29 is 23.1 Å². The second-order valence-corrected chi connectivity index (χ2v) is 7.10. The van der Waals surface area contributed by atoms with E-state index < -0.39 is 17.8 Å². The monoisotopic (exact) mass is 446 g/mol. The topological polar surface area (TPSA) is 97.6 Å². The average molecular weight is 446 g/mol. The molecule has 0 spiro atoms. The Labute approximate surface area is 184 Å². The van der Waals surface area contributed by atoms with Crippen LogP contribution in [0.5, 0.6) is 5.75 Å². The number of amidine groups is 1. The molecule has 0 saturated carbocycles. The Hall–Kier alpha value is -3.62. The highest BCUT2D eigenvalue weighted by Crippen LogP contribution is 2.30. The molecule has 9 heteroatoms. The number of carbonyl (C=O) groups excluding carboxylic acids is 1. The molecule has 6 nitrogen and oxygen atoms in total. The summed E-state index contributed by atoms with van der Waals surface area (Å²) in [6.45, 7) is 3.15. The molecule has 0 bridgehead atoms. The van der Waals surface area contributed by atoms with Crippen molar-refractivity contribution in [2.75, 3.05) is 7.05 Å². The van der Waals surface area contributed by atoms with Gasteiger partial charge in [-0.1, -0.05) is 30.3 Å². The molecular formula is C23H25F3N4O2. The quantitative estimate of drug-likeness (QED) is 0.209. The van der Waals surface area contributed by atoms with Crippen LogP contribution in [-0.4, -0.2) is 30.0 Å². The number of phenolic OH excluding ortho intramolecular Hbond substituents is 1. The zero-order valence-corrected chi connectivity index (χ0v) is 17.9. The smallest absolute Gasteiger partial charge is 0.416 e. The Balaban J connectivity index is 2.39. The van der Waals surface area contributed by atoms with Gasteiger partial charge in [0.05, 0.1) is 11.1 Å². The van der Waals surface area contributed by atoms with Gasteiger partial charge in [0.15, 0.2) is 6.29 Å². The molecule has 32 heavy (non-hydrogen) atoms. The lowest BCUT2D eigenvalue weighted by atomic mass is 10.1. The Morgan fingerprint density at radius 2 is 1.81 bits per heavy atom. The number of carbonyl (C=O) groups is 1. The number of nitrogens with zero attached hydrogens (tertiary/aromatic N) is 1. The van der Waals surface area contributed by atoms with Crippen molar-refractivity contribution in [1.82, 2.24) is 10.6 Å². The molecule has 0 saturated heterocycles. The second kappa shape index (κ2) is 10.6. The normalized spacial score (nSPS) is 13.8. The minimum absolute atomic E-state index is 0.00814. The maximum Gasteiger partial charge on any atom is 0.416 e. The minimum atomic E-state index is -4.43. The third kappa shape index (κ3) is 6.44. The lowest BCUT2D eigenvalue weighted by Gasteiger charge is -2.19. The lowest BCUT2D eigenvalue weighted by molar-refractivity contribution is -0.137. The summed E-state index contributed by atoms with van der Waals surface area (Å²) in [5.41, 5.74) is 0.379. The molecule has 0 radical (unpaired) electrons. The van der Waals surface area contributed by atoms with E-state index in [0.717, 1.165) is 12.1 Å². The van der Waals surface area contributed by atoms with Crippen LogP contribution in [0.15, 0.2) is 64.9 Å². The van der Waals surface area contributed by atoms with Crippen LogP contribution in [0.3, 0.4) is 0 Å². The number of nitrogens with one attached hydrogen (secondary N) is 3. The molecule has 2 aromatic rings. The van der Waals surface area contributed by atoms with Crippen molar-refractivity contribution >= 4 is 17.8 Å². The van der Waals surface area contributed by atoms with Crippen molar-refractivity contribution in [3.8, 4) is 5.75 Å². The van der Waals surface area contributed by atoms with Crippen molar-refractivity contribution in [2.45, 2.75) is 32.5 Å². The van der Waals surface area contributed by atoms with E-state index in [-0.39, 0.29) is 29.3 Å². The summed E-state index contributed by atoms with van der Waals surface area (Å²) >= 11 is 0. The van der Waals surface area contributed by atoms with Gasteiger partial charge in [-0.05, 0) is 37.6 Å². The SMILES string of the molecule is CN/C(Cc1ccccc1O)=N\C(NC(C)c1ccc(C(F)(F)F)cc1)=C(/C=O)C(C)=N. The molecule has 0 heterocycles. The molecule has 0 amide bonds. The fraction of sp³-hybridized carbons (Fsp3) is 0.261. The molecular weight excluding hydrogens is 421 g/mol. The Morgan fingerprint density at radius 3 is 2.31 bits per heavy atom. The van der Waals surface area contributed by atoms with E-state index in [1.807, 2.05) is 0 Å². The molecule has 1 unspecified atom stereocenters. The van der Waals surface area contributed by atoms with Crippen LogP contribution in [0.25, 0.3) is 0 Å². The summed E-state index contributed by atoms with van der Waals surface area (Å²) in [6, 6.07) is 10.9. The van der Waals surface area contributed by atoms with Gasteiger partial charge in [-0.15, -0.1) is 0 Å². The molecule has 170 valence electrons. The third-order valence-corrected chi connectivity index (χ3v) is 4.75. The summed E-state index contributed by atoms with van der Waals surface area (Å²) in [5, 5.41) is 23.9. The van der Waals surface area contributed by atoms with E-state index in [9.17, 15) is 23.1 Å². The predicted octanol–water partition coefficient (Wildman–Crippen LogP) is 4.37. The Bertz CT molecular complexity index is 1030. The summed E-state index contributed by atoms with van der Waals surface area (Å²) in [4.78, 5) is 16.1. The van der Waals surface area contributed by atoms with Gasteiger partial charge in [0.25, 0.3) is 0 Å².